The molecule has 0 aliphatic carbocycles. The number of rotatable bonds is 5. The van der Waals surface area contributed by atoms with Gasteiger partial charge in [0, 0.05) is 0 Å². The fourth-order valence-corrected chi connectivity index (χ4v) is 4.12. The van der Waals surface area contributed by atoms with Crippen LogP contribution in [0.25, 0.3) is 0 Å². The monoisotopic (exact) mass is 528 g/mol. The molecule has 2 aromatic carbocycles. The van der Waals surface area contributed by atoms with Crippen molar-refractivity contribution in [1.29, 1.82) is 0 Å². The molecule has 2 aromatic rings. The summed E-state index contributed by atoms with van der Waals surface area (Å²) in [5, 5.41) is 0. The van der Waals surface area contributed by atoms with E-state index in [1.165, 1.54) is 12.1 Å². The molecule has 0 spiro atoms. The van der Waals surface area contributed by atoms with E-state index in [4.69, 9.17) is 0 Å². The van der Waals surface area contributed by atoms with Crippen molar-refractivity contribution in [1.82, 2.24) is 0 Å². The third-order valence-corrected chi connectivity index (χ3v) is 7.10. The molecular formula is C12H4AsF6IO4. The molecule has 0 aliphatic rings. The Morgan fingerprint density at radius 3 is 1.79 bits per heavy atom. The number of halogens is 7. The SMILES string of the molecule is O=[As](OI)(Oc1ccccc1F)Oc1c(F)c(F)c(F)c(F)c1F. The fourth-order valence-electron chi connectivity index (χ4n) is 1.46. The fraction of sp³-hybridized carbons (Fsp3) is 0. The van der Waals surface area contributed by atoms with Gasteiger partial charge in [-0.15, -0.1) is 0 Å². The van der Waals surface area contributed by atoms with E-state index in [9.17, 15) is 30.1 Å². The average molecular weight is 528 g/mol. The standard InChI is InChI=1S/C12H4AsF6IO4/c14-5-3-1-2-4-6(5)22-13(21,24-20)23-12-10(18)8(16)7(15)9(17)11(12)19/h1-4H. The summed E-state index contributed by atoms with van der Waals surface area (Å²) in [5.74, 6) is -15.4. The molecule has 0 N–H and O–H groups in total. The molecular weight excluding hydrogens is 524 g/mol. The first-order chi connectivity index (χ1) is 11.2. The molecule has 1 atom stereocenters. The molecule has 0 saturated carbocycles. The molecule has 0 fully saturated rings. The van der Waals surface area contributed by atoms with Crippen LogP contribution < -0.4 is 7.45 Å². The van der Waals surface area contributed by atoms with Gasteiger partial charge in [-0.2, -0.15) is 0 Å². The zero-order valence-corrected chi connectivity index (χ0v) is 15.1. The summed E-state index contributed by atoms with van der Waals surface area (Å²) >= 11 is -4.73. The summed E-state index contributed by atoms with van der Waals surface area (Å²) in [7, 11) is 0. The van der Waals surface area contributed by atoms with Gasteiger partial charge in [-0.25, -0.2) is 0 Å². The first kappa shape index (κ1) is 19.0. The molecule has 130 valence electrons. The van der Waals surface area contributed by atoms with Crippen LogP contribution in [0.4, 0.5) is 26.3 Å². The molecule has 0 heterocycles. The first-order valence-corrected chi connectivity index (χ1v) is 9.70. The quantitative estimate of drug-likeness (QED) is 0.192. The Morgan fingerprint density at radius 1 is 0.792 bits per heavy atom. The average Bonchev–Trinajstić information content (AvgIpc) is 2.57. The van der Waals surface area contributed by atoms with Crippen molar-refractivity contribution >= 4 is 37.5 Å². The van der Waals surface area contributed by atoms with E-state index in [-0.39, 0.29) is 0 Å². The van der Waals surface area contributed by atoms with E-state index in [1.807, 2.05) is 0 Å². The van der Waals surface area contributed by atoms with Gasteiger partial charge in [0.15, 0.2) is 0 Å². The van der Waals surface area contributed by atoms with Crippen molar-refractivity contribution in [2.45, 2.75) is 0 Å². The van der Waals surface area contributed by atoms with Crippen LogP contribution in [-0.2, 0) is 5.79 Å². The second-order valence-electron chi connectivity index (χ2n) is 4.03. The third kappa shape index (κ3) is 3.67. The van der Waals surface area contributed by atoms with E-state index in [0.29, 0.717) is 0 Å². The van der Waals surface area contributed by atoms with Gasteiger partial charge in [-0.3, -0.25) is 0 Å². The van der Waals surface area contributed by atoms with Crippen LogP contribution in [0.1, 0.15) is 0 Å². The van der Waals surface area contributed by atoms with Crippen LogP contribution in [0, 0.1) is 34.9 Å². The molecule has 0 radical (unpaired) electrons. The van der Waals surface area contributed by atoms with Crippen molar-refractivity contribution in [3.63, 3.8) is 0 Å². The number of hydrogen-bond donors (Lipinski definition) is 0. The molecule has 1 unspecified atom stereocenters. The summed E-state index contributed by atoms with van der Waals surface area (Å²) in [6, 6.07) is 4.42. The Hall–Kier alpha value is -1.33. The third-order valence-electron chi connectivity index (χ3n) is 2.50. The van der Waals surface area contributed by atoms with Crippen LogP contribution in [0.15, 0.2) is 24.3 Å². The van der Waals surface area contributed by atoms with Gasteiger partial charge in [-0.1, -0.05) is 0 Å². The molecule has 0 bridgehead atoms. The summed E-state index contributed by atoms with van der Waals surface area (Å²) in [6.45, 7) is 0. The molecule has 0 amide bonds. The normalized spacial score (nSPS) is 13.5. The van der Waals surface area contributed by atoms with Crippen molar-refractivity contribution < 1.29 is 39.6 Å². The second-order valence-corrected chi connectivity index (χ2v) is 9.01. The van der Waals surface area contributed by atoms with Gasteiger partial charge >= 0.3 is 148 Å². The minimum atomic E-state index is -5.70. The van der Waals surface area contributed by atoms with E-state index >= 15 is 0 Å². The molecule has 0 saturated heterocycles. The molecule has 0 aromatic heterocycles. The second kappa shape index (κ2) is 7.28. The van der Waals surface area contributed by atoms with E-state index < -0.39 is 60.9 Å². The number of hydrogen-bond acceptors (Lipinski definition) is 4. The van der Waals surface area contributed by atoms with Crippen LogP contribution >= 0.6 is 23.0 Å². The van der Waals surface area contributed by atoms with Gasteiger partial charge in [-0.05, 0) is 0 Å². The summed E-state index contributed by atoms with van der Waals surface area (Å²) in [4.78, 5) is 0. The Morgan fingerprint density at radius 2 is 1.29 bits per heavy atom. The van der Waals surface area contributed by atoms with E-state index in [0.717, 1.165) is 35.1 Å². The van der Waals surface area contributed by atoms with Crippen LogP contribution in [-0.4, -0.2) is 14.5 Å². The van der Waals surface area contributed by atoms with Crippen LogP contribution in [0.3, 0.4) is 0 Å². The Balaban J connectivity index is 2.44. The Labute approximate surface area is 147 Å². The van der Waals surface area contributed by atoms with Crippen LogP contribution in [0.2, 0.25) is 0 Å². The maximum atomic E-state index is 13.5. The predicted molar refractivity (Wildman–Crippen MR) is 75.4 cm³/mol. The van der Waals surface area contributed by atoms with Gasteiger partial charge in [0.1, 0.15) is 0 Å². The molecule has 4 nitrogen and oxygen atoms in total. The topological polar surface area (TPSA) is 44.8 Å². The number of benzene rings is 2. The predicted octanol–water partition coefficient (Wildman–Crippen LogP) is 4.21. The van der Waals surface area contributed by atoms with Gasteiger partial charge in [0.25, 0.3) is 0 Å². The summed E-state index contributed by atoms with van der Waals surface area (Å²) in [5.41, 5.74) is 0. The molecule has 2 rings (SSSR count). The van der Waals surface area contributed by atoms with E-state index in [2.05, 4.69) is 9.51 Å². The zero-order chi connectivity index (χ0) is 18.1. The Kier molecular flexibility index (Phi) is 5.76. The number of para-hydroxylation sites is 1. The minimum absolute atomic E-state index is 0.666. The molecule has 0 aliphatic heterocycles. The summed E-state index contributed by atoms with van der Waals surface area (Å²) < 4.78 is 105. The van der Waals surface area contributed by atoms with Crippen molar-refractivity contribution in [3.8, 4) is 11.5 Å². The van der Waals surface area contributed by atoms with Crippen molar-refractivity contribution in [3.05, 3.63) is 59.2 Å². The maximum absolute atomic E-state index is 13.5. The zero-order valence-electron chi connectivity index (χ0n) is 11.0. The first-order valence-electron chi connectivity index (χ1n) is 5.75. The Bertz CT molecular complexity index is 804. The van der Waals surface area contributed by atoms with Crippen molar-refractivity contribution in [2.24, 2.45) is 0 Å². The van der Waals surface area contributed by atoms with Gasteiger partial charge in [0.2, 0.25) is 0 Å². The molecule has 24 heavy (non-hydrogen) atoms. The van der Waals surface area contributed by atoms with Crippen LogP contribution in [0.5, 0.6) is 11.5 Å². The van der Waals surface area contributed by atoms with E-state index in [1.54, 1.807) is 0 Å². The molecule has 12 heteroatoms. The summed E-state index contributed by atoms with van der Waals surface area (Å²) in [6.07, 6.45) is 0. The van der Waals surface area contributed by atoms with Gasteiger partial charge < -0.3 is 0 Å². The van der Waals surface area contributed by atoms with Crippen molar-refractivity contribution in [2.75, 3.05) is 0 Å². The van der Waals surface area contributed by atoms with Gasteiger partial charge in [0.05, 0.1) is 0 Å².